The summed E-state index contributed by atoms with van der Waals surface area (Å²) < 4.78 is 43.0. The van der Waals surface area contributed by atoms with E-state index in [-0.39, 0.29) is 35.7 Å². The number of rotatable bonds is 7. The number of nitrogens with zero attached hydrogens (tertiary/aromatic N) is 2. The average molecular weight is 527 g/mol. The molecule has 5 rings (SSSR count). The summed E-state index contributed by atoms with van der Waals surface area (Å²) in [5, 5.41) is 2.97. The first-order valence-electron chi connectivity index (χ1n) is 12.7. The smallest absolute Gasteiger partial charge is 0.405 e. The molecule has 2 N–H and O–H groups in total. The van der Waals surface area contributed by atoms with E-state index in [0.29, 0.717) is 17.8 Å². The van der Waals surface area contributed by atoms with E-state index in [4.69, 9.17) is 0 Å². The number of fused-ring (bicyclic) bond motifs is 1. The Bertz CT molecular complexity index is 1310. The first-order valence-corrected chi connectivity index (χ1v) is 12.7. The number of ether oxygens (including phenoxy) is 1. The highest BCUT2D eigenvalue weighted by atomic mass is 19.4. The molecule has 1 aliphatic carbocycles. The maximum Gasteiger partial charge on any atom is 0.573 e. The van der Waals surface area contributed by atoms with Gasteiger partial charge < -0.3 is 19.9 Å². The van der Waals surface area contributed by atoms with Gasteiger partial charge in [0.15, 0.2) is 0 Å². The number of hydrogen-bond acceptors (Lipinski definition) is 5. The second kappa shape index (κ2) is 10.6. The van der Waals surface area contributed by atoms with Crippen LogP contribution in [-0.2, 0) is 4.79 Å². The van der Waals surface area contributed by atoms with Crippen LogP contribution in [0.1, 0.15) is 54.3 Å². The minimum atomic E-state index is -4.89. The van der Waals surface area contributed by atoms with Crippen LogP contribution in [0.15, 0.2) is 48.7 Å². The van der Waals surface area contributed by atoms with Crippen LogP contribution in [0.25, 0.3) is 22.4 Å². The molecule has 1 saturated heterocycles. The third-order valence-electron chi connectivity index (χ3n) is 7.49. The molecule has 7 nitrogen and oxygen atoms in total. The molecule has 0 spiro atoms. The lowest BCUT2D eigenvalue weighted by molar-refractivity contribution is -0.274. The fourth-order valence-corrected chi connectivity index (χ4v) is 5.85. The Labute approximate surface area is 218 Å². The van der Waals surface area contributed by atoms with E-state index >= 15 is 0 Å². The van der Waals surface area contributed by atoms with Crippen molar-refractivity contribution < 1.29 is 27.5 Å². The molecule has 0 bridgehead atoms. The molecular formula is C28H29F3N4O3. The van der Waals surface area contributed by atoms with Gasteiger partial charge in [0.1, 0.15) is 17.9 Å². The Balaban J connectivity index is 1.40. The molecule has 2 aromatic carbocycles. The van der Waals surface area contributed by atoms with Gasteiger partial charge in [0.25, 0.3) is 0 Å². The molecule has 3 atom stereocenters. The Morgan fingerprint density at radius 1 is 1.16 bits per heavy atom. The van der Waals surface area contributed by atoms with Crippen LogP contribution in [0.2, 0.25) is 0 Å². The van der Waals surface area contributed by atoms with Gasteiger partial charge in [-0.1, -0.05) is 43.2 Å². The number of likely N-dealkylation sites (N-methyl/N-ethyl adjacent to an activating group) is 1. The number of aromatic amines is 1. The molecular weight excluding hydrogens is 497 g/mol. The van der Waals surface area contributed by atoms with Gasteiger partial charge in [-0.2, -0.15) is 0 Å². The summed E-state index contributed by atoms with van der Waals surface area (Å²) in [6.07, 6.45) is 2.63. The number of alkyl halides is 3. The number of aldehydes is 1. The monoisotopic (exact) mass is 526 g/mol. The number of hydrogen-bond donors (Lipinski definition) is 2. The summed E-state index contributed by atoms with van der Waals surface area (Å²) in [5.41, 5.74) is 2.37. The Morgan fingerprint density at radius 2 is 1.89 bits per heavy atom. The molecule has 38 heavy (non-hydrogen) atoms. The van der Waals surface area contributed by atoms with Gasteiger partial charge in [0, 0.05) is 17.2 Å². The zero-order chi connectivity index (χ0) is 26.9. The molecule has 2 fully saturated rings. The van der Waals surface area contributed by atoms with E-state index in [1.54, 1.807) is 37.5 Å². The highest BCUT2D eigenvalue weighted by Crippen LogP contribution is 2.46. The first kappa shape index (κ1) is 26.0. The van der Waals surface area contributed by atoms with Gasteiger partial charge in [-0.3, -0.25) is 9.59 Å². The summed E-state index contributed by atoms with van der Waals surface area (Å²) in [6.45, 7) is 0.280. The van der Waals surface area contributed by atoms with Crippen molar-refractivity contribution in [1.29, 1.82) is 0 Å². The second-order valence-electron chi connectivity index (χ2n) is 9.88. The van der Waals surface area contributed by atoms with Gasteiger partial charge >= 0.3 is 6.36 Å². The molecule has 0 radical (unpaired) electrons. The van der Waals surface area contributed by atoms with Crippen molar-refractivity contribution in [2.75, 3.05) is 13.6 Å². The van der Waals surface area contributed by atoms with Crippen molar-refractivity contribution in [3.63, 3.8) is 0 Å². The topological polar surface area (TPSA) is 87.3 Å². The highest BCUT2D eigenvalue weighted by molar-refractivity contribution is 5.81. The van der Waals surface area contributed by atoms with Crippen LogP contribution in [0.5, 0.6) is 5.75 Å². The van der Waals surface area contributed by atoms with Crippen LogP contribution < -0.4 is 10.1 Å². The third kappa shape index (κ3) is 5.31. The van der Waals surface area contributed by atoms with Crippen molar-refractivity contribution in [3.8, 4) is 28.1 Å². The van der Waals surface area contributed by atoms with Crippen LogP contribution in [0.4, 0.5) is 13.2 Å². The first-order chi connectivity index (χ1) is 18.3. The van der Waals surface area contributed by atoms with E-state index in [1.807, 2.05) is 4.90 Å². The molecule has 2 aliphatic rings. The molecule has 1 aliphatic heterocycles. The SMILES string of the molecule is CNCC(=O)N1C(c2ncc(-c3ccc(-c4ccc(C=O)cc4OC(F)(F)F)cc3)[nH]2)CC2CCCCC21. The minimum absolute atomic E-state index is 0.0756. The number of likely N-dealkylation sites (tertiary alicyclic amines) is 1. The van der Waals surface area contributed by atoms with Crippen LogP contribution in [0.3, 0.4) is 0 Å². The molecule has 3 aromatic rings. The van der Waals surface area contributed by atoms with Gasteiger partial charge in [0.05, 0.1) is 24.5 Å². The molecule has 3 unspecified atom stereocenters. The van der Waals surface area contributed by atoms with E-state index in [1.165, 1.54) is 18.6 Å². The molecule has 10 heteroatoms. The molecule has 1 aromatic heterocycles. The maximum atomic E-state index is 13.0. The van der Waals surface area contributed by atoms with Crippen LogP contribution in [0, 0.1) is 5.92 Å². The number of carbonyl (C=O) groups is 2. The van der Waals surface area contributed by atoms with E-state index in [9.17, 15) is 22.8 Å². The molecule has 1 amide bonds. The fraction of sp³-hybridized carbons (Fsp3) is 0.393. The third-order valence-corrected chi connectivity index (χ3v) is 7.49. The number of nitrogens with one attached hydrogen (secondary N) is 2. The minimum Gasteiger partial charge on any atom is -0.405 e. The maximum absolute atomic E-state index is 13.0. The summed E-state index contributed by atoms with van der Waals surface area (Å²) in [4.78, 5) is 34.1. The number of amides is 1. The predicted molar refractivity (Wildman–Crippen MR) is 135 cm³/mol. The van der Waals surface area contributed by atoms with Crippen molar-refractivity contribution in [2.24, 2.45) is 5.92 Å². The van der Waals surface area contributed by atoms with E-state index in [0.717, 1.165) is 48.8 Å². The Kier molecular flexibility index (Phi) is 7.25. The Hall–Kier alpha value is -3.66. The zero-order valence-corrected chi connectivity index (χ0v) is 20.9. The number of H-pyrrole nitrogens is 1. The molecule has 2 heterocycles. The molecule has 200 valence electrons. The summed E-state index contributed by atoms with van der Waals surface area (Å²) in [6, 6.07) is 11.0. The number of aromatic nitrogens is 2. The predicted octanol–water partition coefficient (Wildman–Crippen LogP) is 5.51. The van der Waals surface area contributed by atoms with Crippen molar-refractivity contribution in [1.82, 2.24) is 20.2 Å². The lowest BCUT2D eigenvalue weighted by Gasteiger charge is -2.33. The highest BCUT2D eigenvalue weighted by Gasteiger charge is 2.45. The summed E-state index contributed by atoms with van der Waals surface area (Å²) >= 11 is 0. The van der Waals surface area contributed by atoms with Crippen molar-refractivity contribution in [2.45, 2.75) is 50.6 Å². The normalized spacial score (nSPS) is 21.3. The van der Waals surface area contributed by atoms with Crippen LogP contribution >= 0.6 is 0 Å². The Morgan fingerprint density at radius 3 is 2.61 bits per heavy atom. The van der Waals surface area contributed by atoms with Gasteiger partial charge in [-0.05, 0) is 55.5 Å². The number of halogens is 3. The lowest BCUT2D eigenvalue weighted by Crippen LogP contribution is -2.44. The second-order valence-corrected chi connectivity index (χ2v) is 9.88. The summed E-state index contributed by atoms with van der Waals surface area (Å²) in [7, 11) is 1.77. The molecule has 1 saturated carbocycles. The number of benzene rings is 2. The largest absolute Gasteiger partial charge is 0.573 e. The van der Waals surface area contributed by atoms with Crippen LogP contribution in [-0.4, -0.2) is 53.1 Å². The number of carbonyl (C=O) groups excluding carboxylic acids is 2. The lowest BCUT2D eigenvalue weighted by atomic mass is 9.84. The van der Waals surface area contributed by atoms with E-state index < -0.39 is 12.1 Å². The fourth-order valence-electron chi connectivity index (χ4n) is 5.85. The average Bonchev–Trinajstić information content (AvgIpc) is 3.53. The van der Waals surface area contributed by atoms with Crippen molar-refractivity contribution >= 4 is 12.2 Å². The standard InChI is InChI=1S/C28H29F3N4O3/c1-32-15-26(37)35-23-5-3-2-4-20(23)13-24(35)27-33-14-22(34-27)19-9-7-18(8-10-19)21-11-6-17(16-36)12-25(21)38-28(29,30)31/h6-12,14,16,20,23-24,32H,2-5,13,15H2,1H3,(H,33,34). The van der Waals surface area contributed by atoms with Crippen molar-refractivity contribution in [3.05, 3.63) is 60.0 Å². The van der Waals surface area contributed by atoms with Gasteiger partial charge in [-0.25, -0.2) is 4.98 Å². The number of imidazole rings is 1. The van der Waals surface area contributed by atoms with Gasteiger partial charge in [-0.15, -0.1) is 13.2 Å². The zero-order valence-electron chi connectivity index (χ0n) is 20.9. The van der Waals surface area contributed by atoms with Gasteiger partial charge in [0.2, 0.25) is 5.91 Å². The van der Waals surface area contributed by atoms with E-state index in [2.05, 4.69) is 20.0 Å². The quantitative estimate of drug-likeness (QED) is 0.397. The summed E-state index contributed by atoms with van der Waals surface area (Å²) in [5.74, 6) is 0.855.